The Hall–Kier alpha value is -1.75. The number of aryl methyl sites for hydroxylation is 1. The normalized spacial score (nSPS) is 12.5. The quantitative estimate of drug-likeness (QED) is 0.801. The maximum Gasteiger partial charge on any atom is 0.304 e. The second-order valence-corrected chi connectivity index (χ2v) is 6.14. The summed E-state index contributed by atoms with van der Waals surface area (Å²) in [5.41, 5.74) is 2.54. The van der Waals surface area contributed by atoms with Gasteiger partial charge in [-0.05, 0) is 19.9 Å². The van der Waals surface area contributed by atoms with E-state index in [2.05, 4.69) is 4.98 Å². The number of aromatic amines is 1. The second kappa shape index (κ2) is 6.13. The van der Waals surface area contributed by atoms with Crippen LogP contribution in [0.1, 0.15) is 29.4 Å². The molecular formula is C15H17NO3S. The van der Waals surface area contributed by atoms with E-state index in [1.165, 1.54) is 11.8 Å². The van der Waals surface area contributed by atoms with Crippen molar-refractivity contribution in [3.63, 3.8) is 0 Å². The van der Waals surface area contributed by atoms with Gasteiger partial charge in [0.1, 0.15) is 0 Å². The number of aromatic nitrogens is 1. The summed E-state index contributed by atoms with van der Waals surface area (Å²) in [7, 11) is 0. The molecule has 0 aliphatic heterocycles. The second-order valence-electron chi connectivity index (χ2n) is 4.69. The van der Waals surface area contributed by atoms with Crippen molar-refractivity contribution in [1.29, 1.82) is 0 Å². The third-order valence-electron chi connectivity index (χ3n) is 3.19. The van der Waals surface area contributed by atoms with Crippen LogP contribution in [-0.4, -0.2) is 32.8 Å². The van der Waals surface area contributed by atoms with Crippen molar-refractivity contribution >= 4 is 34.4 Å². The van der Waals surface area contributed by atoms with Gasteiger partial charge in [0, 0.05) is 27.9 Å². The first kappa shape index (κ1) is 14.7. The van der Waals surface area contributed by atoms with Crippen molar-refractivity contribution < 1.29 is 14.7 Å². The smallest absolute Gasteiger partial charge is 0.304 e. The van der Waals surface area contributed by atoms with E-state index >= 15 is 0 Å². The molecule has 0 saturated heterocycles. The number of hydrogen-bond donors (Lipinski definition) is 2. The molecule has 2 N–H and O–H groups in total. The zero-order valence-electron chi connectivity index (χ0n) is 11.5. The van der Waals surface area contributed by atoms with E-state index in [1.807, 2.05) is 38.1 Å². The van der Waals surface area contributed by atoms with Crippen LogP contribution in [0.15, 0.2) is 24.3 Å². The van der Waals surface area contributed by atoms with Gasteiger partial charge < -0.3 is 10.1 Å². The SMILES string of the molecule is Cc1[nH]c2ccccc2c1C(=O)[C@H](C)SCCC(=O)O. The first-order valence-electron chi connectivity index (χ1n) is 6.45. The molecular weight excluding hydrogens is 274 g/mol. The van der Waals surface area contributed by atoms with Crippen molar-refractivity contribution in [2.75, 3.05) is 5.75 Å². The Morgan fingerprint density at radius 1 is 1.35 bits per heavy atom. The first-order chi connectivity index (χ1) is 9.50. The summed E-state index contributed by atoms with van der Waals surface area (Å²) in [5.74, 6) is -0.334. The summed E-state index contributed by atoms with van der Waals surface area (Å²) in [6.07, 6.45) is 0.0785. The predicted octanol–water partition coefficient (Wildman–Crippen LogP) is 3.26. The minimum atomic E-state index is -0.833. The molecule has 0 amide bonds. The van der Waals surface area contributed by atoms with Crippen LogP contribution >= 0.6 is 11.8 Å². The van der Waals surface area contributed by atoms with Crippen LogP contribution in [0.5, 0.6) is 0 Å². The number of Topliss-reactive ketones (excluding diaryl/α,β-unsaturated/α-hetero) is 1. The lowest BCUT2D eigenvalue weighted by molar-refractivity contribution is -0.136. The van der Waals surface area contributed by atoms with Gasteiger partial charge in [-0.2, -0.15) is 0 Å². The molecule has 1 aromatic heterocycles. The molecule has 5 heteroatoms. The van der Waals surface area contributed by atoms with Gasteiger partial charge in [0.05, 0.1) is 11.7 Å². The molecule has 0 unspecified atom stereocenters. The number of aliphatic carboxylic acids is 1. The summed E-state index contributed by atoms with van der Waals surface area (Å²) in [4.78, 5) is 26.2. The van der Waals surface area contributed by atoms with Crippen molar-refractivity contribution in [2.45, 2.75) is 25.5 Å². The number of para-hydroxylation sites is 1. The van der Waals surface area contributed by atoms with Crippen molar-refractivity contribution in [1.82, 2.24) is 4.98 Å². The lowest BCUT2D eigenvalue weighted by atomic mass is 10.1. The number of fused-ring (bicyclic) bond motifs is 1. The third-order valence-corrected chi connectivity index (χ3v) is 4.35. The molecule has 0 spiro atoms. The summed E-state index contributed by atoms with van der Waals surface area (Å²) in [6, 6.07) is 7.72. The highest BCUT2D eigenvalue weighted by atomic mass is 32.2. The van der Waals surface area contributed by atoms with Crippen molar-refractivity contribution in [3.05, 3.63) is 35.5 Å². The number of carbonyl (C=O) groups excluding carboxylic acids is 1. The maximum absolute atomic E-state index is 12.5. The van der Waals surface area contributed by atoms with Gasteiger partial charge in [0.2, 0.25) is 0 Å². The summed E-state index contributed by atoms with van der Waals surface area (Å²) in [5, 5.41) is 9.32. The van der Waals surface area contributed by atoms with E-state index in [0.717, 1.165) is 22.2 Å². The number of thioether (sulfide) groups is 1. The molecule has 0 bridgehead atoms. The fourth-order valence-electron chi connectivity index (χ4n) is 2.20. The van der Waals surface area contributed by atoms with Crippen LogP contribution in [0.25, 0.3) is 10.9 Å². The van der Waals surface area contributed by atoms with Gasteiger partial charge in [-0.25, -0.2) is 0 Å². The van der Waals surface area contributed by atoms with Crippen LogP contribution in [0.2, 0.25) is 0 Å². The highest BCUT2D eigenvalue weighted by molar-refractivity contribution is 8.00. The number of hydrogen-bond acceptors (Lipinski definition) is 3. The Kier molecular flexibility index (Phi) is 4.49. The van der Waals surface area contributed by atoms with E-state index in [9.17, 15) is 9.59 Å². The van der Waals surface area contributed by atoms with Crippen molar-refractivity contribution in [2.24, 2.45) is 0 Å². The monoisotopic (exact) mass is 291 g/mol. The Balaban J connectivity index is 2.18. The topological polar surface area (TPSA) is 70.2 Å². The van der Waals surface area contributed by atoms with Gasteiger partial charge in [-0.3, -0.25) is 9.59 Å². The Bertz CT molecular complexity index is 648. The lowest BCUT2D eigenvalue weighted by Crippen LogP contribution is -2.15. The first-order valence-corrected chi connectivity index (χ1v) is 7.50. The number of nitrogens with one attached hydrogen (secondary N) is 1. The van der Waals surface area contributed by atoms with E-state index in [4.69, 9.17) is 5.11 Å². The van der Waals surface area contributed by atoms with Crippen LogP contribution in [0.4, 0.5) is 0 Å². The summed E-state index contributed by atoms with van der Waals surface area (Å²) in [6.45, 7) is 3.72. The average Bonchev–Trinajstić information content (AvgIpc) is 2.73. The highest BCUT2D eigenvalue weighted by Gasteiger charge is 2.21. The van der Waals surface area contributed by atoms with Crippen LogP contribution in [0, 0.1) is 6.92 Å². The van der Waals surface area contributed by atoms with E-state index in [0.29, 0.717) is 5.75 Å². The average molecular weight is 291 g/mol. The van der Waals surface area contributed by atoms with Gasteiger partial charge in [-0.1, -0.05) is 18.2 Å². The minimum Gasteiger partial charge on any atom is -0.481 e. The summed E-state index contributed by atoms with van der Waals surface area (Å²) >= 11 is 1.38. The standard InChI is InChI=1S/C15H17NO3S/c1-9-14(11-5-3-4-6-12(11)16-9)15(19)10(2)20-8-7-13(17)18/h3-6,10,16H,7-8H2,1-2H3,(H,17,18)/t10-/m0/s1. The molecule has 0 radical (unpaired) electrons. The largest absolute Gasteiger partial charge is 0.481 e. The zero-order chi connectivity index (χ0) is 14.7. The molecule has 0 aliphatic rings. The van der Waals surface area contributed by atoms with Crippen molar-refractivity contribution in [3.8, 4) is 0 Å². The number of ketones is 1. The maximum atomic E-state index is 12.5. The lowest BCUT2D eigenvalue weighted by Gasteiger charge is -2.09. The van der Waals surface area contributed by atoms with E-state index < -0.39 is 5.97 Å². The van der Waals surface area contributed by atoms with Crippen LogP contribution < -0.4 is 0 Å². The van der Waals surface area contributed by atoms with Gasteiger partial charge >= 0.3 is 5.97 Å². The Morgan fingerprint density at radius 2 is 2.05 bits per heavy atom. The number of carbonyl (C=O) groups is 2. The van der Waals surface area contributed by atoms with E-state index in [-0.39, 0.29) is 17.5 Å². The number of carboxylic acids is 1. The van der Waals surface area contributed by atoms with E-state index in [1.54, 1.807) is 0 Å². The molecule has 20 heavy (non-hydrogen) atoms. The van der Waals surface area contributed by atoms with Gasteiger partial charge in [0.15, 0.2) is 5.78 Å². The van der Waals surface area contributed by atoms with Gasteiger partial charge in [0.25, 0.3) is 0 Å². The molecule has 1 heterocycles. The number of rotatable bonds is 6. The Morgan fingerprint density at radius 3 is 2.75 bits per heavy atom. The fourth-order valence-corrected chi connectivity index (χ4v) is 3.11. The number of carboxylic acid groups (broad SMARTS) is 1. The fraction of sp³-hybridized carbons (Fsp3) is 0.333. The number of H-pyrrole nitrogens is 1. The predicted molar refractivity (Wildman–Crippen MR) is 81.5 cm³/mol. The Labute approximate surface area is 121 Å². The molecule has 2 rings (SSSR count). The van der Waals surface area contributed by atoms with Gasteiger partial charge in [-0.15, -0.1) is 11.8 Å². The molecule has 4 nitrogen and oxygen atoms in total. The molecule has 0 aliphatic carbocycles. The molecule has 1 aromatic carbocycles. The molecule has 0 saturated carbocycles. The number of benzene rings is 1. The minimum absolute atomic E-state index is 0.0512. The molecule has 0 fully saturated rings. The molecule has 106 valence electrons. The molecule has 1 atom stereocenters. The van der Waals surface area contributed by atoms with Crippen LogP contribution in [-0.2, 0) is 4.79 Å². The summed E-state index contributed by atoms with van der Waals surface area (Å²) < 4.78 is 0. The van der Waals surface area contributed by atoms with Crippen LogP contribution in [0.3, 0.4) is 0 Å². The molecule has 2 aromatic rings. The third kappa shape index (κ3) is 3.04. The highest BCUT2D eigenvalue weighted by Crippen LogP contribution is 2.26. The zero-order valence-corrected chi connectivity index (χ0v) is 12.3.